The average Bonchev–Trinajstić information content (AvgIpc) is 3.29. The molecule has 0 spiro atoms. The fourth-order valence-corrected chi connectivity index (χ4v) is 4.40. The summed E-state index contributed by atoms with van der Waals surface area (Å²) in [7, 11) is 0. The standard InChI is InChI=1S/C28H18O6S/c29-27(31-21-7-3-1-4-8-21)33-23-14-11-19(12-15-23)25-17-20-13-16-24(18-26(20)35-25)34-28(30)32-22-9-5-2-6-10-22/h1-18H. The highest BCUT2D eigenvalue weighted by Crippen LogP contribution is 2.36. The molecule has 0 saturated heterocycles. The molecule has 0 N–H and O–H groups in total. The highest BCUT2D eigenvalue weighted by atomic mass is 32.1. The van der Waals surface area contributed by atoms with Crippen LogP contribution in [0.4, 0.5) is 9.59 Å². The first-order valence-electron chi connectivity index (χ1n) is 10.7. The van der Waals surface area contributed by atoms with Crippen LogP contribution >= 0.6 is 11.3 Å². The topological polar surface area (TPSA) is 71.1 Å². The minimum absolute atomic E-state index is 0.378. The summed E-state index contributed by atoms with van der Waals surface area (Å²) in [5, 5.41) is 1.01. The lowest BCUT2D eigenvalue weighted by molar-refractivity contribution is 0.150. The molecule has 1 aromatic heterocycles. The fraction of sp³-hybridized carbons (Fsp3) is 0. The van der Waals surface area contributed by atoms with Gasteiger partial charge in [-0.05, 0) is 83.7 Å². The molecule has 0 aliphatic rings. The van der Waals surface area contributed by atoms with Crippen LogP contribution in [0.5, 0.6) is 23.0 Å². The lowest BCUT2D eigenvalue weighted by Crippen LogP contribution is -2.13. The molecule has 0 saturated carbocycles. The van der Waals surface area contributed by atoms with Gasteiger partial charge in [-0.2, -0.15) is 0 Å². The summed E-state index contributed by atoms with van der Waals surface area (Å²) in [6, 6.07) is 32.1. The predicted molar refractivity (Wildman–Crippen MR) is 133 cm³/mol. The lowest BCUT2D eigenvalue weighted by Gasteiger charge is -2.06. The Morgan fingerprint density at radius 1 is 0.514 bits per heavy atom. The third-order valence-electron chi connectivity index (χ3n) is 4.92. The van der Waals surface area contributed by atoms with E-state index in [1.807, 2.05) is 36.4 Å². The minimum atomic E-state index is -0.802. The number of hydrogen-bond acceptors (Lipinski definition) is 7. The maximum absolute atomic E-state index is 12.1. The van der Waals surface area contributed by atoms with Crippen molar-refractivity contribution < 1.29 is 28.5 Å². The second kappa shape index (κ2) is 10.1. The van der Waals surface area contributed by atoms with E-state index in [9.17, 15) is 9.59 Å². The van der Waals surface area contributed by atoms with Gasteiger partial charge in [0.15, 0.2) is 0 Å². The van der Waals surface area contributed by atoms with Gasteiger partial charge >= 0.3 is 12.3 Å². The molecule has 6 nitrogen and oxygen atoms in total. The van der Waals surface area contributed by atoms with E-state index in [0.29, 0.717) is 23.0 Å². The first-order chi connectivity index (χ1) is 17.1. The number of ether oxygens (including phenoxy) is 4. The maximum atomic E-state index is 12.1. The second-order valence-corrected chi connectivity index (χ2v) is 8.45. The largest absolute Gasteiger partial charge is 0.519 e. The van der Waals surface area contributed by atoms with Gasteiger partial charge in [-0.1, -0.05) is 36.4 Å². The molecule has 0 atom stereocenters. The van der Waals surface area contributed by atoms with E-state index >= 15 is 0 Å². The Hall–Kier alpha value is -4.62. The molecule has 1 heterocycles. The van der Waals surface area contributed by atoms with Crippen LogP contribution in [0, 0.1) is 0 Å². The van der Waals surface area contributed by atoms with Gasteiger partial charge in [-0.3, -0.25) is 0 Å². The molecule has 5 aromatic rings. The second-order valence-electron chi connectivity index (χ2n) is 7.37. The summed E-state index contributed by atoms with van der Waals surface area (Å²) in [5.74, 6) is 1.60. The molecule has 0 unspecified atom stereocenters. The van der Waals surface area contributed by atoms with Crippen LogP contribution in [-0.4, -0.2) is 12.3 Å². The van der Waals surface area contributed by atoms with Crippen LogP contribution in [0.1, 0.15) is 0 Å². The Morgan fingerprint density at radius 2 is 1.00 bits per heavy atom. The Morgan fingerprint density at radius 3 is 1.57 bits per heavy atom. The first kappa shape index (κ1) is 22.2. The molecular formula is C28H18O6S. The molecule has 0 amide bonds. The van der Waals surface area contributed by atoms with Crippen LogP contribution in [0.15, 0.2) is 109 Å². The third-order valence-corrected chi connectivity index (χ3v) is 6.07. The van der Waals surface area contributed by atoms with Crippen molar-refractivity contribution in [1.29, 1.82) is 0 Å². The lowest BCUT2D eigenvalue weighted by atomic mass is 10.1. The molecule has 35 heavy (non-hydrogen) atoms. The summed E-state index contributed by atoms with van der Waals surface area (Å²) >= 11 is 1.55. The Bertz CT molecular complexity index is 1460. The summed E-state index contributed by atoms with van der Waals surface area (Å²) < 4.78 is 21.8. The number of benzene rings is 4. The normalized spacial score (nSPS) is 10.5. The molecule has 0 fully saturated rings. The van der Waals surface area contributed by atoms with Gasteiger partial charge in [-0.15, -0.1) is 11.3 Å². The van der Waals surface area contributed by atoms with Crippen molar-refractivity contribution in [3.05, 3.63) is 109 Å². The van der Waals surface area contributed by atoms with Gasteiger partial charge in [0.05, 0.1) is 0 Å². The van der Waals surface area contributed by atoms with Gasteiger partial charge in [0.25, 0.3) is 0 Å². The number of hydrogen-bond donors (Lipinski definition) is 0. The van der Waals surface area contributed by atoms with E-state index in [4.69, 9.17) is 18.9 Å². The number of carbonyl (C=O) groups excluding carboxylic acids is 2. The molecule has 0 aliphatic carbocycles. The van der Waals surface area contributed by atoms with Gasteiger partial charge in [0.2, 0.25) is 0 Å². The molecule has 0 bridgehead atoms. The molecule has 7 heteroatoms. The first-order valence-corrected chi connectivity index (χ1v) is 11.5. The Balaban J connectivity index is 1.24. The Labute approximate surface area is 204 Å². The summed E-state index contributed by atoms with van der Waals surface area (Å²) in [6.45, 7) is 0. The summed E-state index contributed by atoms with van der Waals surface area (Å²) in [4.78, 5) is 25.1. The predicted octanol–water partition coefficient (Wildman–Crippen LogP) is 7.72. The fourth-order valence-electron chi connectivity index (χ4n) is 3.31. The van der Waals surface area contributed by atoms with E-state index in [1.54, 1.807) is 84.1 Å². The van der Waals surface area contributed by atoms with Crippen molar-refractivity contribution in [2.45, 2.75) is 0 Å². The van der Waals surface area contributed by atoms with Gasteiger partial charge in [0, 0.05) is 9.58 Å². The van der Waals surface area contributed by atoms with Crippen molar-refractivity contribution in [2.75, 3.05) is 0 Å². The molecule has 0 aliphatic heterocycles. The van der Waals surface area contributed by atoms with Crippen molar-refractivity contribution in [1.82, 2.24) is 0 Å². The number of rotatable bonds is 5. The molecule has 0 radical (unpaired) electrons. The van der Waals surface area contributed by atoms with Crippen molar-refractivity contribution in [3.8, 4) is 33.4 Å². The van der Waals surface area contributed by atoms with Crippen LogP contribution in [0.3, 0.4) is 0 Å². The summed E-state index contributed by atoms with van der Waals surface area (Å²) in [5.41, 5.74) is 0.959. The van der Waals surface area contributed by atoms with E-state index in [2.05, 4.69) is 0 Å². The van der Waals surface area contributed by atoms with Gasteiger partial charge < -0.3 is 18.9 Å². The summed E-state index contributed by atoms with van der Waals surface area (Å²) in [6.07, 6.45) is -1.60. The van der Waals surface area contributed by atoms with E-state index < -0.39 is 12.3 Å². The van der Waals surface area contributed by atoms with Crippen LogP contribution in [-0.2, 0) is 0 Å². The molecule has 5 rings (SSSR count). The van der Waals surface area contributed by atoms with Crippen LogP contribution in [0.2, 0.25) is 0 Å². The van der Waals surface area contributed by atoms with Gasteiger partial charge in [-0.25, -0.2) is 9.59 Å². The smallest absolute Gasteiger partial charge is 0.395 e. The van der Waals surface area contributed by atoms with Crippen molar-refractivity contribution in [3.63, 3.8) is 0 Å². The zero-order valence-corrected chi connectivity index (χ0v) is 19.1. The monoisotopic (exact) mass is 482 g/mol. The van der Waals surface area contributed by atoms with E-state index in [1.165, 1.54) is 0 Å². The Kier molecular flexibility index (Phi) is 6.41. The zero-order chi connectivity index (χ0) is 24.0. The van der Waals surface area contributed by atoms with E-state index in [-0.39, 0.29) is 0 Å². The van der Waals surface area contributed by atoms with Crippen molar-refractivity contribution >= 4 is 33.7 Å². The highest BCUT2D eigenvalue weighted by molar-refractivity contribution is 7.22. The minimum Gasteiger partial charge on any atom is -0.395 e. The number of fused-ring (bicyclic) bond motifs is 1. The molecular weight excluding hydrogens is 464 g/mol. The third kappa shape index (κ3) is 5.66. The average molecular weight is 483 g/mol. The number of para-hydroxylation sites is 2. The van der Waals surface area contributed by atoms with Crippen LogP contribution < -0.4 is 18.9 Å². The number of thiophene rings is 1. The van der Waals surface area contributed by atoms with Crippen molar-refractivity contribution in [2.24, 2.45) is 0 Å². The van der Waals surface area contributed by atoms with Gasteiger partial charge in [0.1, 0.15) is 23.0 Å². The maximum Gasteiger partial charge on any atom is 0.519 e. The zero-order valence-electron chi connectivity index (χ0n) is 18.3. The van der Waals surface area contributed by atoms with E-state index in [0.717, 1.165) is 20.5 Å². The molecule has 172 valence electrons. The number of carbonyl (C=O) groups is 2. The quantitative estimate of drug-likeness (QED) is 0.189. The van der Waals surface area contributed by atoms with Crippen LogP contribution in [0.25, 0.3) is 20.5 Å². The highest BCUT2D eigenvalue weighted by Gasteiger charge is 2.12. The molecule has 4 aromatic carbocycles. The SMILES string of the molecule is O=C(Oc1ccccc1)Oc1ccc(-c2cc3ccc(OC(=O)Oc4ccccc4)cc3s2)cc1.